The molecule has 2 heterocycles. The molecular weight excluding hydrogens is 532 g/mol. The van der Waals surface area contributed by atoms with Gasteiger partial charge in [-0.1, -0.05) is 24.6 Å². The van der Waals surface area contributed by atoms with E-state index < -0.39 is 5.91 Å². The number of thioether (sulfide) groups is 1. The van der Waals surface area contributed by atoms with Crippen molar-refractivity contribution in [2.75, 3.05) is 19.8 Å². The van der Waals surface area contributed by atoms with E-state index in [1.54, 1.807) is 12.1 Å². The van der Waals surface area contributed by atoms with Crippen molar-refractivity contribution in [1.29, 1.82) is 5.41 Å². The van der Waals surface area contributed by atoms with E-state index in [2.05, 4.69) is 26.0 Å². The lowest BCUT2D eigenvalue weighted by molar-refractivity contribution is -0.114. The number of fused-ring (bicyclic) bond motifs is 1. The van der Waals surface area contributed by atoms with Gasteiger partial charge in [-0.25, -0.2) is 0 Å². The van der Waals surface area contributed by atoms with Gasteiger partial charge in [-0.3, -0.25) is 10.2 Å². The molecule has 0 aliphatic carbocycles. The molecule has 1 amide bonds. The van der Waals surface area contributed by atoms with Crippen LogP contribution < -0.4 is 14.2 Å². The van der Waals surface area contributed by atoms with E-state index in [1.807, 2.05) is 51.1 Å². The van der Waals surface area contributed by atoms with Crippen LogP contribution in [0.3, 0.4) is 0 Å². The fourth-order valence-corrected chi connectivity index (χ4v) is 4.75. The molecule has 0 atom stereocenters. The molecule has 0 saturated heterocycles. The fourth-order valence-electron chi connectivity index (χ4n) is 3.35. The molecule has 0 aromatic heterocycles. The van der Waals surface area contributed by atoms with Gasteiger partial charge in [-0.2, -0.15) is 15.1 Å². The maximum absolute atomic E-state index is 12.7. The smallest absolute Gasteiger partial charge is 0.283 e. The van der Waals surface area contributed by atoms with Gasteiger partial charge in [0.05, 0.1) is 16.7 Å². The summed E-state index contributed by atoms with van der Waals surface area (Å²) in [5.41, 5.74) is 2.00. The Bertz CT molecular complexity index is 1240. The van der Waals surface area contributed by atoms with Crippen LogP contribution in [-0.2, 0) is 4.79 Å². The number of rotatable bonds is 9. The zero-order valence-electron chi connectivity index (χ0n) is 19.6. The predicted octanol–water partition coefficient (Wildman–Crippen LogP) is 5.64. The van der Waals surface area contributed by atoms with Crippen LogP contribution in [0.1, 0.15) is 31.4 Å². The number of carbonyl (C=O) groups excluding carboxylic acids is 1. The normalized spacial score (nSPS) is 16.2. The van der Waals surface area contributed by atoms with Crippen LogP contribution in [0.25, 0.3) is 6.08 Å². The zero-order chi connectivity index (χ0) is 24.9. The topological polar surface area (TPSA) is 96.6 Å². The average molecular weight is 557 g/mol. The van der Waals surface area contributed by atoms with Crippen LogP contribution in [0.5, 0.6) is 17.2 Å². The summed E-state index contributed by atoms with van der Waals surface area (Å²) in [6, 6.07) is 11.4. The molecule has 2 aromatic rings. The van der Waals surface area contributed by atoms with Crippen LogP contribution >= 0.6 is 27.7 Å². The standard InChI is InChI=1S/C25H25BrN4O4S/c1-4-21-29-30-23(27)18(24(31)28-25(30)35-21)12-16-13-19(26)22(20(14-16)32-5-2)34-11-10-33-17-8-6-15(3)7-9-17/h6-9,12-14,27H,4-5,10-11H2,1-3H3/b18-12-,27-23?. The van der Waals surface area contributed by atoms with Gasteiger partial charge in [0, 0.05) is 0 Å². The summed E-state index contributed by atoms with van der Waals surface area (Å²) in [5.74, 6) is 1.37. The quantitative estimate of drug-likeness (QED) is 0.317. The number of amidine groups is 2. The maximum atomic E-state index is 12.7. The van der Waals surface area contributed by atoms with Crippen molar-refractivity contribution < 1.29 is 19.0 Å². The van der Waals surface area contributed by atoms with E-state index in [1.165, 1.54) is 22.3 Å². The SMILES string of the molecule is CCOc1cc(/C=C2/C(=N)N3N=C(CC)SC3=NC2=O)cc(Br)c1OCCOc1ccc(C)cc1. The Hall–Kier alpha value is -3.11. The molecule has 0 fully saturated rings. The van der Waals surface area contributed by atoms with Crippen molar-refractivity contribution in [3.63, 3.8) is 0 Å². The molecule has 2 aliphatic heterocycles. The number of hydrogen-bond acceptors (Lipinski definition) is 7. The summed E-state index contributed by atoms with van der Waals surface area (Å²) < 4.78 is 18.2. The number of hydrogen-bond donors (Lipinski definition) is 1. The van der Waals surface area contributed by atoms with E-state index >= 15 is 0 Å². The van der Waals surface area contributed by atoms with Crippen LogP contribution in [0, 0.1) is 12.3 Å². The molecule has 0 spiro atoms. The first-order valence-corrected chi connectivity index (χ1v) is 12.8. The number of amides is 1. The third kappa shape index (κ3) is 5.76. The van der Waals surface area contributed by atoms with E-state index in [0.29, 0.717) is 52.9 Å². The Morgan fingerprint density at radius 2 is 1.86 bits per heavy atom. The van der Waals surface area contributed by atoms with Gasteiger partial charge in [-0.05, 0) is 83.9 Å². The number of hydrazone groups is 1. The van der Waals surface area contributed by atoms with Gasteiger partial charge in [0.1, 0.15) is 24.0 Å². The van der Waals surface area contributed by atoms with Gasteiger partial charge in [0.25, 0.3) is 5.91 Å². The molecule has 10 heteroatoms. The number of aryl methyl sites for hydroxylation is 1. The molecule has 0 radical (unpaired) electrons. The number of nitrogens with zero attached hydrogens (tertiary/aromatic N) is 3. The Balaban J connectivity index is 1.51. The molecule has 0 saturated carbocycles. The third-order valence-electron chi connectivity index (χ3n) is 5.06. The van der Waals surface area contributed by atoms with Crippen molar-refractivity contribution in [3.05, 3.63) is 57.6 Å². The molecular formula is C25H25BrN4O4S. The van der Waals surface area contributed by atoms with Gasteiger partial charge in [0.15, 0.2) is 17.3 Å². The highest BCUT2D eigenvalue weighted by Gasteiger charge is 2.35. The lowest BCUT2D eigenvalue weighted by Crippen LogP contribution is -2.35. The highest BCUT2D eigenvalue weighted by Crippen LogP contribution is 2.38. The van der Waals surface area contributed by atoms with Crippen LogP contribution in [0.2, 0.25) is 0 Å². The minimum Gasteiger partial charge on any atom is -0.490 e. The molecule has 2 aliphatic rings. The first kappa shape index (κ1) is 25.0. The minimum absolute atomic E-state index is 0.00128. The van der Waals surface area contributed by atoms with E-state index in [-0.39, 0.29) is 11.4 Å². The lowest BCUT2D eigenvalue weighted by Gasteiger charge is -2.20. The summed E-state index contributed by atoms with van der Waals surface area (Å²) in [7, 11) is 0. The third-order valence-corrected chi connectivity index (χ3v) is 6.70. The molecule has 35 heavy (non-hydrogen) atoms. The Labute approximate surface area is 216 Å². The summed E-state index contributed by atoms with van der Waals surface area (Å²) in [4.78, 5) is 16.8. The molecule has 2 aromatic carbocycles. The van der Waals surface area contributed by atoms with Gasteiger partial charge < -0.3 is 14.2 Å². The number of nitrogens with one attached hydrogen (secondary N) is 1. The second-order valence-corrected chi connectivity index (χ2v) is 9.54. The molecule has 0 unspecified atom stereocenters. The number of ether oxygens (including phenoxy) is 3. The largest absolute Gasteiger partial charge is 0.490 e. The molecule has 182 valence electrons. The second kappa shape index (κ2) is 11.1. The zero-order valence-corrected chi connectivity index (χ0v) is 22.0. The predicted molar refractivity (Wildman–Crippen MR) is 143 cm³/mol. The van der Waals surface area contributed by atoms with Gasteiger partial charge in [-0.15, -0.1) is 0 Å². The number of carbonyl (C=O) groups is 1. The highest BCUT2D eigenvalue weighted by atomic mass is 79.9. The average Bonchev–Trinajstić information content (AvgIpc) is 3.25. The lowest BCUT2D eigenvalue weighted by atomic mass is 10.1. The maximum Gasteiger partial charge on any atom is 0.283 e. The number of halogens is 1. The second-order valence-electron chi connectivity index (χ2n) is 7.64. The van der Waals surface area contributed by atoms with Gasteiger partial charge in [0.2, 0.25) is 5.17 Å². The van der Waals surface area contributed by atoms with E-state index in [9.17, 15) is 4.79 Å². The summed E-state index contributed by atoms with van der Waals surface area (Å²) >= 11 is 4.87. The molecule has 1 N–H and O–H groups in total. The molecule has 4 rings (SSSR count). The van der Waals surface area contributed by atoms with Crippen LogP contribution in [0.4, 0.5) is 0 Å². The van der Waals surface area contributed by atoms with Crippen LogP contribution in [-0.4, -0.2) is 46.8 Å². The molecule has 0 bridgehead atoms. The van der Waals surface area contributed by atoms with Crippen molar-refractivity contribution >= 4 is 55.7 Å². The van der Waals surface area contributed by atoms with Crippen LogP contribution in [0.15, 0.2) is 56.5 Å². The Kier molecular flexibility index (Phi) is 7.92. The summed E-state index contributed by atoms with van der Waals surface area (Å²) in [5, 5.41) is 15.5. The number of aliphatic imine (C=N–C) groups is 1. The fraction of sp³-hybridized carbons (Fsp3) is 0.280. The van der Waals surface area contributed by atoms with Crippen molar-refractivity contribution in [2.45, 2.75) is 27.2 Å². The van der Waals surface area contributed by atoms with Crippen molar-refractivity contribution in [3.8, 4) is 17.2 Å². The monoisotopic (exact) mass is 556 g/mol. The van der Waals surface area contributed by atoms with E-state index in [4.69, 9.17) is 19.6 Å². The van der Waals surface area contributed by atoms with Crippen molar-refractivity contribution in [1.82, 2.24) is 5.01 Å². The summed E-state index contributed by atoms with van der Waals surface area (Å²) in [6.07, 6.45) is 2.33. The highest BCUT2D eigenvalue weighted by molar-refractivity contribution is 9.10. The first-order chi connectivity index (χ1) is 16.9. The number of benzene rings is 2. The van der Waals surface area contributed by atoms with Gasteiger partial charge >= 0.3 is 0 Å². The first-order valence-electron chi connectivity index (χ1n) is 11.2. The van der Waals surface area contributed by atoms with Crippen molar-refractivity contribution in [2.24, 2.45) is 10.1 Å². The van der Waals surface area contributed by atoms with E-state index in [0.717, 1.165) is 10.8 Å². The molecule has 8 nitrogen and oxygen atoms in total. The summed E-state index contributed by atoms with van der Waals surface area (Å²) in [6.45, 7) is 7.00. The Morgan fingerprint density at radius 3 is 2.57 bits per heavy atom. The Morgan fingerprint density at radius 1 is 1.11 bits per heavy atom. The minimum atomic E-state index is -0.469.